The van der Waals surface area contributed by atoms with Crippen LogP contribution in [0.5, 0.6) is 0 Å². The van der Waals surface area contributed by atoms with Crippen LogP contribution in [0.25, 0.3) is 0 Å². The first-order valence-corrected chi connectivity index (χ1v) is 4.90. The highest BCUT2D eigenvalue weighted by molar-refractivity contribution is 5.17. The second-order valence-electron chi connectivity index (χ2n) is 4.74. The summed E-state index contributed by atoms with van der Waals surface area (Å²) in [5, 5.41) is 0. The predicted octanol–water partition coefficient (Wildman–Crippen LogP) is 2.12. The quantitative estimate of drug-likeness (QED) is 0.549. The van der Waals surface area contributed by atoms with Gasteiger partial charge >= 0.3 is 0 Å². The number of hydrogen-bond acceptors (Lipinski definition) is 1. The van der Waals surface area contributed by atoms with Gasteiger partial charge in [0.25, 0.3) is 0 Å². The third-order valence-corrected chi connectivity index (χ3v) is 3.44. The van der Waals surface area contributed by atoms with Gasteiger partial charge in [0, 0.05) is 18.1 Å². The standard InChI is InChI=1S/C10H19N/c1-6(2)8-5-9-10(8)11(9)7(3)4/h6-10H,5H2,1-4H3. The molecular weight excluding hydrogens is 134 g/mol. The van der Waals surface area contributed by atoms with Gasteiger partial charge in [0.1, 0.15) is 0 Å². The van der Waals surface area contributed by atoms with Crippen LogP contribution in [0, 0.1) is 11.8 Å². The van der Waals surface area contributed by atoms with E-state index < -0.39 is 0 Å². The third kappa shape index (κ3) is 0.936. The van der Waals surface area contributed by atoms with Gasteiger partial charge in [-0.1, -0.05) is 13.8 Å². The zero-order valence-electron chi connectivity index (χ0n) is 8.04. The van der Waals surface area contributed by atoms with Crippen molar-refractivity contribution in [1.29, 1.82) is 0 Å². The lowest BCUT2D eigenvalue weighted by molar-refractivity contribution is 0.284. The van der Waals surface area contributed by atoms with Crippen LogP contribution in [-0.2, 0) is 0 Å². The number of fused-ring (bicyclic) bond motifs is 1. The van der Waals surface area contributed by atoms with Crippen molar-refractivity contribution in [3.63, 3.8) is 0 Å². The molecule has 1 aliphatic carbocycles. The van der Waals surface area contributed by atoms with Crippen molar-refractivity contribution in [3.8, 4) is 0 Å². The van der Waals surface area contributed by atoms with Crippen molar-refractivity contribution in [2.75, 3.05) is 0 Å². The summed E-state index contributed by atoms with van der Waals surface area (Å²) < 4.78 is 0. The fraction of sp³-hybridized carbons (Fsp3) is 1.00. The van der Waals surface area contributed by atoms with Gasteiger partial charge in [-0.15, -0.1) is 0 Å². The Labute approximate surface area is 69.8 Å². The number of hydrogen-bond donors (Lipinski definition) is 0. The van der Waals surface area contributed by atoms with Crippen molar-refractivity contribution < 1.29 is 0 Å². The molecule has 1 nitrogen and oxygen atoms in total. The minimum atomic E-state index is 0.786. The first kappa shape index (κ1) is 7.60. The molecule has 1 heteroatoms. The van der Waals surface area contributed by atoms with Crippen molar-refractivity contribution in [2.24, 2.45) is 11.8 Å². The summed E-state index contributed by atoms with van der Waals surface area (Å²) in [6, 6.07) is 2.76. The second kappa shape index (κ2) is 2.22. The van der Waals surface area contributed by atoms with E-state index in [2.05, 4.69) is 32.6 Å². The SMILES string of the molecule is CC(C)C1CC2C1N2C(C)C. The van der Waals surface area contributed by atoms with E-state index >= 15 is 0 Å². The molecule has 0 aromatic rings. The van der Waals surface area contributed by atoms with Crippen molar-refractivity contribution in [1.82, 2.24) is 4.90 Å². The van der Waals surface area contributed by atoms with Crippen LogP contribution in [0.4, 0.5) is 0 Å². The molecule has 2 rings (SSSR count). The Kier molecular flexibility index (Phi) is 1.54. The normalized spacial score (nSPS) is 47.5. The van der Waals surface area contributed by atoms with E-state index in [1.54, 1.807) is 0 Å². The maximum Gasteiger partial charge on any atom is 0.0289 e. The molecule has 2 aliphatic rings. The molecule has 1 heterocycles. The molecule has 1 saturated heterocycles. The molecule has 1 saturated carbocycles. The van der Waals surface area contributed by atoms with Gasteiger partial charge in [-0.3, -0.25) is 4.90 Å². The Bertz CT molecular complexity index is 152. The highest BCUT2D eigenvalue weighted by Crippen LogP contribution is 2.53. The molecule has 64 valence electrons. The van der Waals surface area contributed by atoms with Crippen LogP contribution in [0.2, 0.25) is 0 Å². The zero-order valence-corrected chi connectivity index (χ0v) is 8.04. The van der Waals surface area contributed by atoms with E-state index in [0.717, 1.165) is 30.0 Å². The van der Waals surface area contributed by atoms with Crippen LogP contribution in [0.3, 0.4) is 0 Å². The van der Waals surface area contributed by atoms with Gasteiger partial charge < -0.3 is 0 Å². The second-order valence-corrected chi connectivity index (χ2v) is 4.74. The first-order chi connectivity index (χ1) is 5.13. The molecule has 0 N–H and O–H groups in total. The Balaban J connectivity index is 1.90. The maximum absolute atomic E-state index is 2.67. The van der Waals surface area contributed by atoms with Crippen molar-refractivity contribution in [2.45, 2.75) is 52.2 Å². The maximum atomic E-state index is 2.67. The van der Waals surface area contributed by atoms with E-state index in [4.69, 9.17) is 0 Å². The lowest BCUT2D eigenvalue weighted by atomic mass is 9.78. The molecule has 1 aliphatic heterocycles. The molecule has 0 radical (unpaired) electrons. The number of likely N-dealkylation sites (tertiary alicyclic amines) is 1. The number of nitrogens with zero attached hydrogens (tertiary/aromatic N) is 1. The first-order valence-electron chi connectivity index (χ1n) is 4.90. The molecule has 0 aromatic heterocycles. The average molecular weight is 153 g/mol. The molecule has 0 spiro atoms. The summed E-state index contributed by atoms with van der Waals surface area (Å²) in [6.45, 7) is 9.35. The Morgan fingerprint density at radius 1 is 1.18 bits per heavy atom. The summed E-state index contributed by atoms with van der Waals surface area (Å²) >= 11 is 0. The predicted molar refractivity (Wildman–Crippen MR) is 47.5 cm³/mol. The topological polar surface area (TPSA) is 3.01 Å². The fourth-order valence-corrected chi connectivity index (χ4v) is 2.70. The third-order valence-electron chi connectivity index (χ3n) is 3.44. The van der Waals surface area contributed by atoms with Gasteiger partial charge in [-0.25, -0.2) is 0 Å². The Hall–Kier alpha value is -0.0400. The molecule has 4 atom stereocenters. The van der Waals surface area contributed by atoms with Crippen molar-refractivity contribution in [3.05, 3.63) is 0 Å². The summed E-state index contributed by atoms with van der Waals surface area (Å²) in [5.41, 5.74) is 0. The summed E-state index contributed by atoms with van der Waals surface area (Å²) in [5.74, 6) is 1.92. The Morgan fingerprint density at radius 2 is 1.82 bits per heavy atom. The Morgan fingerprint density at radius 3 is 2.09 bits per heavy atom. The van der Waals surface area contributed by atoms with Crippen LogP contribution in [0.15, 0.2) is 0 Å². The molecule has 0 bridgehead atoms. The van der Waals surface area contributed by atoms with Gasteiger partial charge in [-0.2, -0.15) is 0 Å². The fourth-order valence-electron chi connectivity index (χ4n) is 2.70. The average Bonchev–Trinajstić information content (AvgIpc) is 2.34. The number of rotatable bonds is 2. The molecule has 4 unspecified atom stereocenters. The van der Waals surface area contributed by atoms with Crippen LogP contribution >= 0.6 is 0 Å². The summed E-state index contributed by atoms with van der Waals surface area (Å²) in [4.78, 5) is 2.67. The van der Waals surface area contributed by atoms with Crippen LogP contribution < -0.4 is 0 Å². The van der Waals surface area contributed by atoms with Crippen molar-refractivity contribution >= 4 is 0 Å². The van der Waals surface area contributed by atoms with E-state index in [9.17, 15) is 0 Å². The molecule has 11 heavy (non-hydrogen) atoms. The molecule has 0 aromatic carbocycles. The molecule has 0 amide bonds. The smallest absolute Gasteiger partial charge is 0.0289 e. The van der Waals surface area contributed by atoms with Gasteiger partial charge in [0.05, 0.1) is 0 Å². The highest BCUT2D eigenvalue weighted by atomic mass is 15.4. The highest BCUT2D eigenvalue weighted by Gasteiger charge is 2.62. The summed E-state index contributed by atoms with van der Waals surface area (Å²) in [7, 11) is 0. The van der Waals surface area contributed by atoms with E-state index in [-0.39, 0.29) is 0 Å². The van der Waals surface area contributed by atoms with Crippen LogP contribution in [0.1, 0.15) is 34.1 Å². The zero-order chi connectivity index (χ0) is 8.17. The molecular formula is C10H19N. The van der Waals surface area contributed by atoms with E-state index in [1.807, 2.05) is 0 Å². The minimum Gasteiger partial charge on any atom is -0.292 e. The lowest BCUT2D eigenvalue weighted by Gasteiger charge is -2.25. The van der Waals surface area contributed by atoms with E-state index in [0.29, 0.717) is 0 Å². The summed E-state index contributed by atoms with van der Waals surface area (Å²) in [6.07, 6.45) is 1.47. The largest absolute Gasteiger partial charge is 0.292 e. The van der Waals surface area contributed by atoms with Gasteiger partial charge in [0.2, 0.25) is 0 Å². The molecule has 2 fully saturated rings. The monoisotopic (exact) mass is 153 g/mol. The van der Waals surface area contributed by atoms with E-state index in [1.165, 1.54) is 6.42 Å². The lowest BCUT2D eigenvalue weighted by Crippen LogP contribution is -2.28. The minimum absolute atomic E-state index is 0.786. The van der Waals surface area contributed by atoms with Gasteiger partial charge in [-0.05, 0) is 32.1 Å². The van der Waals surface area contributed by atoms with Gasteiger partial charge in [0.15, 0.2) is 0 Å². The van der Waals surface area contributed by atoms with Crippen LogP contribution in [-0.4, -0.2) is 23.0 Å².